The molecule has 0 aliphatic heterocycles. The zero-order valence-electron chi connectivity index (χ0n) is 8.98. The largest absolute Gasteiger partial charge is 0.394 e. The zero-order valence-corrected chi connectivity index (χ0v) is 8.98. The van der Waals surface area contributed by atoms with Crippen LogP contribution in [0.1, 0.15) is 32.6 Å². The Morgan fingerprint density at radius 2 is 2.07 bits per heavy atom. The predicted octanol–water partition coefficient (Wildman–Crippen LogP) is 1.49. The lowest BCUT2D eigenvalue weighted by Crippen LogP contribution is -2.19. The van der Waals surface area contributed by atoms with Crippen molar-refractivity contribution < 1.29 is 14.9 Å². The molecule has 14 heavy (non-hydrogen) atoms. The van der Waals surface area contributed by atoms with Gasteiger partial charge in [0.25, 0.3) is 0 Å². The molecule has 0 aromatic carbocycles. The number of hydrogen-bond donors (Lipinski definition) is 2. The van der Waals surface area contributed by atoms with Gasteiger partial charge < -0.3 is 14.9 Å². The lowest BCUT2D eigenvalue weighted by atomic mass is 10.2. The summed E-state index contributed by atoms with van der Waals surface area (Å²) in [6.07, 6.45) is 8.15. The summed E-state index contributed by atoms with van der Waals surface area (Å²) in [5, 5.41) is 17.4. The highest BCUT2D eigenvalue weighted by Crippen LogP contribution is 1.99. The molecule has 1 atom stereocenters. The number of aliphatic hydroxyl groups excluding tert-OH is 2. The molecule has 0 saturated carbocycles. The van der Waals surface area contributed by atoms with E-state index in [0.29, 0.717) is 6.61 Å². The summed E-state index contributed by atoms with van der Waals surface area (Å²) in [5.41, 5.74) is 0. The van der Waals surface area contributed by atoms with Crippen molar-refractivity contribution in [3.05, 3.63) is 12.2 Å². The molecular weight excluding hydrogens is 180 g/mol. The molecule has 0 aromatic rings. The fraction of sp³-hybridized carbons (Fsp3) is 0.818. The van der Waals surface area contributed by atoms with Gasteiger partial charge in [0.05, 0.1) is 19.8 Å². The first kappa shape index (κ1) is 13.6. The fourth-order valence-corrected chi connectivity index (χ4v) is 1.02. The van der Waals surface area contributed by atoms with Crippen LogP contribution in [0, 0.1) is 0 Å². The Morgan fingerprint density at radius 1 is 1.29 bits per heavy atom. The predicted molar refractivity (Wildman–Crippen MR) is 57.2 cm³/mol. The van der Waals surface area contributed by atoms with E-state index < -0.39 is 6.10 Å². The van der Waals surface area contributed by atoms with Crippen molar-refractivity contribution in [3.63, 3.8) is 0 Å². The Labute approximate surface area is 86.4 Å². The average Bonchev–Trinajstić information content (AvgIpc) is 2.21. The van der Waals surface area contributed by atoms with Gasteiger partial charge in [-0.1, -0.05) is 31.9 Å². The molecule has 0 aliphatic carbocycles. The zero-order chi connectivity index (χ0) is 10.6. The number of rotatable bonds is 9. The van der Waals surface area contributed by atoms with Crippen LogP contribution in [0.2, 0.25) is 0 Å². The van der Waals surface area contributed by atoms with Gasteiger partial charge in [-0.2, -0.15) is 0 Å². The highest BCUT2D eigenvalue weighted by Gasteiger charge is 1.98. The smallest absolute Gasteiger partial charge is 0.100 e. The number of ether oxygens (including phenoxy) is 1. The van der Waals surface area contributed by atoms with Crippen LogP contribution in [0.25, 0.3) is 0 Å². The van der Waals surface area contributed by atoms with Crippen LogP contribution in [0.5, 0.6) is 0 Å². The van der Waals surface area contributed by atoms with E-state index in [4.69, 9.17) is 14.9 Å². The van der Waals surface area contributed by atoms with E-state index >= 15 is 0 Å². The summed E-state index contributed by atoms with van der Waals surface area (Å²) in [6, 6.07) is 0. The maximum atomic E-state index is 8.93. The van der Waals surface area contributed by atoms with Gasteiger partial charge >= 0.3 is 0 Å². The highest BCUT2D eigenvalue weighted by molar-refractivity contribution is 4.81. The lowest BCUT2D eigenvalue weighted by molar-refractivity contribution is 0.0149. The molecule has 3 heteroatoms. The van der Waals surface area contributed by atoms with Crippen LogP contribution >= 0.6 is 0 Å². The number of unbranched alkanes of at least 4 members (excludes halogenated alkanes) is 3. The summed E-state index contributed by atoms with van der Waals surface area (Å²) in [4.78, 5) is 0. The molecule has 0 rings (SSSR count). The fourth-order valence-electron chi connectivity index (χ4n) is 1.02. The first-order valence-electron chi connectivity index (χ1n) is 5.33. The van der Waals surface area contributed by atoms with E-state index in [2.05, 4.69) is 13.0 Å². The van der Waals surface area contributed by atoms with Gasteiger partial charge in [-0.15, -0.1) is 0 Å². The van der Waals surface area contributed by atoms with Crippen molar-refractivity contribution >= 4 is 0 Å². The van der Waals surface area contributed by atoms with Crippen LogP contribution < -0.4 is 0 Å². The minimum absolute atomic E-state index is 0.204. The maximum absolute atomic E-state index is 8.93. The van der Waals surface area contributed by atoms with Crippen molar-refractivity contribution in [2.45, 2.75) is 38.7 Å². The second-order valence-corrected chi connectivity index (χ2v) is 3.34. The Balaban J connectivity index is 3.10. The summed E-state index contributed by atoms with van der Waals surface area (Å²) in [6.45, 7) is 2.67. The molecule has 0 radical (unpaired) electrons. The first-order chi connectivity index (χ1) is 6.81. The van der Waals surface area contributed by atoms with Crippen LogP contribution in [0.15, 0.2) is 12.2 Å². The minimum atomic E-state index is -0.747. The van der Waals surface area contributed by atoms with Crippen LogP contribution in [0.3, 0.4) is 0 Å². The van der Waals surface area contributed by atoms with Crippen molar-refractivity contribution in [1.82, 2.24) is 0 Å². The van der Waals surface area contributed by atoms with Gasteiger partial charge in [0, 0.05) is 0 Å². The normalized spacial score (nSPS) is 13.6. The molecule has 0 spiro atoms. The molecule has 2 N–H and O–H groups in total. The Kier molecular flexibility index (Phi) is 10.4. The lowest BCUT2D eigenvalue weighted by Gasteiger charge is -2.05. The van der Waals surface area contributed by atoms with E-state index in [-0.39, 0.29) is 13.2 Å². The molecular formula is C11H22O3. The quantitative estimate of drug-likeness (QED) is 0.440. The molecule has 1 unspecified atom stereocenters. The van der Waals surface area contributed by atoms with E-state index in [1.165, 1.54) is 19.3 Å². The molecule has 0 saturated heterocycles. The van der Waals surface area contributed by atoms with Crippen molar-refractivity contribution in [2.75, 3.05) is 19.8 Å². The van der Waals surface area contributed by atoms with E-state index in [0.717, 1.165) is 6.42 Å². The average molecular weight is 202 g/mol. The summed E-state index contributed by atoms with van der Waals surface area (Å²) in [7, 11) is 0. The summed E-state index contributed by atoms with van der Waals surface area (Å²) >= 11 is 0. The molecule has 0 amide bonds. The number of hydrogen-bond acceptors (Lipinski definition) is 3. The van der Waals surface area contributed by atoms with Crippen molar-refractivity contribution in [2.24, 2.45) is 0 Å². The Hall–Kier alpha value is -0.380. The van der Waals surface area contributed by atoms with Gasteiger partial charge in [0.2, 0.25) is 0 Å². The van der Waals surface area contributed by atoms with Gasteiger partial charge in [-0.05, 0) is 12.8 Å². The third-order valence-corrected chi connectivity index (χ3v) is 1.88. The van der Waals surface area contributed by atoms with Crippen LogP contribution in [0.4, 0.5) is 0 Å². The van der Waals surface area contributed by atoms with Crippen LogP contribution in [-0.2, 0) is 4.74 Å². The van der Waals surface area contributed by atoms with Gasteiger partial charge in [-0.3, -0.25) is 0 Å². The Morgan fingerprint density at radius 3 is 2.71 bits per heavy atom. The van der Waals surface area contributed by atoms with Crippen LogP contribution in [-0.4, -0.2) is 36.1 Å². The van der Waals surface area contributed by atoms with Crippen molar-refractivity contribution in [3.8, 4) is 0 Å². The van der Waals surface area contributed by atoms with E-state index in [9.17, 15) is 0 Å². The molecule has 0 bridgehead atoms. The second kappa shape index (κ2) is 10.7. The van der Waals surface area contributed by atoms with Gasteiger partial charge in [0.15, 0.2) is 0 Å². The summed E-state index contributed by atoms with van der Waals surface area (Å²) in [5.74, 6) is 0. The van der Waals surface area contributed by atoms with Gasteiger partial charge in [0.1, 0.15) is 6.10 Å². The molecule has 3 nitrogen and oxygen atoms in total. The Bertz CT molecular complexity index is 134. The molecule has 84 valence electrons. The molecule has 0 fully saturated rings. The molecule has 0 aromatic heterocycles. The van der Waals surface area contributed by atoms with E-state index in [1.54, 1.807) is 0 Å². The number of allylic oxidation sites excluding steroid dienone is 1. The minimum Gasteiger partial charge on any atom is -0.394 e. The van der Waals surface area contributed by atoms with Crippen molar-refractivity contribution in [1.29, 1.82) is 0 Å². The summed E-state index contributed by atoms with van der Waals surface area (Å²) < 4.78 is 5.10. The SMILES string of the molecule is CCCCC/C=C/COCC(O)CO. The first-order valence-corrected chi connectivity index (χ1v) is 5.33. The molecule has 0 aliphatic rings. The third-order valence-electron chi connectivity index (χ3n) is 1.88. The van der Waals surface area contributed by atoms with E-state index in [1.807, 2.05) is 6.08 Å². The molecule has 0 heterocycles. The highest BCUT2D eigenvalue weighted by atomic mass is 16.5. The monoisotopic (exact) mass is 202 g/mol. The van der Waals surface area contributed by atoms with Gasteiger partial charge in [-0.25, -0.2) is 0 Å². The maximum Gasteiger partial charge on any atom is 0.100 e. The second-order valence-electron chi connectivity index (χ2n) is 3.34. The third kappa shape index (κ3) is 9.71. The topological polar surface area (TPSA) is 49.7 Å². The number of aliphatic hydroxyl groups is 2. The standard InChI is InChI=1S/C11H22O3/c1-2-3-4-5-6-7-8-14-10-11(13)9-12/h6-7,11-13H,2-5,8-10H2,1H3/b7-6+.